The van der Waals surface area contributed by atoms with E-state index in [0.29, 0.717) is 13.0 Å². The zero-order valence-electron chi connectivity index (χ0n) is 11.3. The quantitative estimate of drug-likeness (QED) is 0.666. The van der Waals surface area contributed by atoms with Gasteiger partial charge in [0.25, 0.3) is 0 Å². The van der Waals surface area contributed by atoms with Gasteiger partial charge in [-0.1, -0.05) is 19.1 Å². The second-order valence-corrected chi connectivity index (χ2v) is 4.31. The van der Waals surface area contributed by atoms with Crippen molar-refractivity contribution in [1.82, 2.24) is 5.32 Å². The molecule has 5 nitrogen and oxygen atoms in total. The molecule has 0 radical (unpaired) electrons. The van der Waals surface area contributed by atoms with Crippen LogP contribution in [-0.4, -0.2) is 35.9 Å². The first-order chi connectivity index (χ1) is 9.08. The predicted molar refractivity (Wildman–Crippen MR) is 72.3 cm³/mol. The number of benzene rings is 1. The Balaban J connectivity index is 2.72. The number of methoxy groups -OCH3 is 1. The Bertz CT molecular complexity index is 391. The fourth-order valence-electron chi connectivity index (χ4n) is 1.95. The molecule has 0 aliphatic rings. The van der Waals surface area contributed by atoms with E-state index in [1.165, 1.54) is 0 Å². The molecule has 0 amide bonds. The highest BCUT2D eigenvalue weighted by Crippen LogP contribution is 2.22. The van der Waals surface area contributed by atoms with Gasteiger partial charge in [0.1, 0.15) is 5.75 Å². The molecule has 0 saturated carbocycles. The molecule has 1 rings (SSSR count). The minimum absolute atomic E-state index is 0.0326. The second-order valence-electron chi connectivity index (χ2n) is 4.31. The number of carbonyl (C=O) groups is 1. The van der Waals surface area contributed by atoms with Crippen molar-refractivity contribution in [1.29, 1.82) is 0 Å². The maximum atomic E-state index is 10.6. The molecule has 106 valence electrons. The summed E-state index contributed by atoms with van der Waals surface area (Å²) in [6.45, 7) is 2.60. The summed E-state index contributed by atoms with van der Waals surface area (Å²) in [7, 11) is 1.58. The molecule has 1 aromatic rings. The molecule has 0 aliphatic heterocycles. The molecule has 1 aromatic carbocycles. The number of carboxylic acids is 1. The van der Waals surface area contributed by atoms with E-state index < -0.39 is 12.1 Å². The molecule has 2 atom stereocenters. The van der Waals surface area contributed by atoms with Crippen molar-refractivity contribution in [2.24, 2.45) is 0 Å². The molecule has 2 unspecified atom stereocenters. The van der Waals surface area contributed by atoms with Crippen LogP contribution in [0.4, 0.5) is 0 Å². The molecule has 0 bridgehead atoms. The number of hydrogen-bond acceptors (Lipinski definition) is 4. The molecule has 0 aliphatic carbocycles. The molecular formula is C14H21NO4. The zero-order chi connectivity index (χ0) is 14.3. The number of nitrogens with one attached hydrogen (secondary N) is 1. The maximum Gasteiger partial charge on any atom is 0.303 e. The Kier molecular flexibility index (Phi) is 6.32. The number of carboxylic acid groups (broad SMARTS) is 1. The minimum Gasteiger partial charge on any atom is -0.497 e. The van der Waals surface area contributed by atoms with E-state index in [1.807, 2.05) is 6.92 Å². The van der Waals surface area contributed by atoms with Gasteiger partial charge in [-0.25, -0.2) is 0 Å². The van der Waals surface area contributed by atoms with E-state index in [0.717, 1.165) is 11.3 Å². The Morgan fingerprint density at radius 3 is 2.47 bits per heavy atom. The monoisotopic (exact) mass is 267 g/mol. The van der Waals surface area contributed by atoms with Gasteiger partial charge in [0.05, 0.1) is 13.2 Å². The first kappa shape index (κ1) is 15.5. The number of ether oxygens (including phenoxy) is 1. The topological polar surface area (TPSA) is 78.8 Å². The highest BCUT2D eigenvalue weighted by Gasteiger charge is 2.20. The third kappa shape index (κ3) is 4.89. The van der Waals surface area contributed by atoms with Crippen LogP contribution in [0.3, 0.4) is 0 Å². The summed E-state index contributed by atoms with van der Waals surface area (Å²) in [6.07, 6.45) is -0.313. The van der Waals surface area contributed by atoms with Crippen LogP contribution in [0.1, 0.15) is 31.4 Å². The van der Waals surface area contributed by atoms with Gasteiger partial charge in [0.2, 0.25) is 0 Å². The number of hydrogen-bond donors (Lipinski definition) is 3. The van der Waals surface area contributed by atoms with E-state index in [-0.39, 0.29) is 12.5 Å². The molecule has 0 saturated heterocycles. The van der Waals surface area contributed by atoms with Crippen molar-refractivity contribution in [3.63, 3.8) is 0 Å². The number of likely N-dealkylation sites (N-methyl/N-ethyl adjacent to an activating group) is 1. The van der Waals surface area contributed by atoms with Crippen molar-refractivity contribution in [2.45, 2.75) is 31.9 Å². The molecule has 0 heterocycles. The van der Waals surface area contributed by atoms with E-state index in [2.05, 4.69) is 5.32 Å². The van der Waals surface area contributed by atoms with Crippen molar-refractivity contribution >= 4 is 5.97 Å². The van der Waals surface area contributed by atoms with E-state index in [9.17, 15) is 9.90 Å². The molecule has 0 aromatic heterocycles. The second kappa shape index (κ2) is 7.76. The molecule has 3 N–H and O–H groups in total. The van der Waals surface area contributed by atoms with Gasteiger partial charge in [0, 0.05) is 12.5 Å². The predicted octanol–water partition coefficient (Wildman–Crippen LogP) is 1.57. The summed E-state index contributed by atoms with van der Waals surface area (Å²) in [5, 5.41) is 22.1. The average Bonchev–Trinajstić information content (AvgIpc) is 2.42. The lowest BCUT2D eigenvalue weighted by Crippen LogP contribution is -2.35. The van der Waals surface area contributed by atoms with Crippen LogP contribution in [0, 0.1) is 0 Å². The third-order valence-electron chi connectivity index (χ3n) is 2.97. The van der Waals surface area contributed by atoms with Gasteiger partial charge in [0.15, 0.2) is 0 Å². The van der Waals surface area contributed by atoms with Crippen molar-refractivity contribution < 1.29 is 19.7 Å². The Hall–Kier alpha value is -1.59. The average molecular weight is 267 g/mol. The summed E-state index contributed by atoms with van der Waals surface area (Å²) in [4.78, 5) is 10.6. The number of aliphatic hydroxyl groups is 1. The Morgan fingerprint density at radius 2 is 2.00 bits per heavy atom. The zero-order valence-corrected chi connectivity index (χ0v) is 11.3. The number of aliphatic hydroxyl groups excluding tert-OH is 1. The van der Waals surface area contributed by atoms with Crippen LogP contribution in [-0.2, 0) is 4.79 Å². The standard InChI is InChI=1S/C14H21NO4/c1-3-15-12(8-9-13(16)17)14(18)10-4-6-11(19-2)7-5-10/h4-7,12,14-15,18H,3,8-9H2,1-2H3,(H,16,17). The molecule has 0 spiro atoms. The number of aliphatic carboxylic acids is 1. The summed E-state index contributed by atoms with van der Waals surface area (Å²) in [5.41, 5.74) is 0.747. The molecule has 5 heteroatoms. The van der Waals surface area contributed by atoms with Crippen molar-refractivity contribution in [2.75, 3.05) is 13.7 Å². The normalized spacial score (nSPS) is 13.8. The van der Waals surface area contributed by atoms with Gasteiger partial charge in [-0.2, -0.15) is 0 Å². The first-order valence-electron chi connectivity index (χ1n) is 6.35. The van der Waals surface area contributed by atoms with Gasteiger partial charge in [-0.15, -0.1) is 0 Å². The lowest BCUT2D eigenvalue weighted by Gasteiger charge is -2.23. The van der Waals surface area contributed by atoms with Crippen LogP contribution >= 0.6 is 0 Å². The fourth-order valence-corrected chi connectivity index (χ4v) is 1.95. The highest BCUT2D eigenvalue weighted by molar-refractivity contribution is 5.66. The van der Waals surface area contributed by atoms with Gasteiger partial charge in [-0.3, -0.25) is 4.79 Å². The van der Waals surface area contributed by atoms with Gasteiger partial charge < -0.3 is 20.3 Å². The van der Waals surface area contributed by atoms with Crippen molar-refractivity contribution in [3.8, 4) is 5.75 Å². The lowest BCUT2D eigenvalue weighted by atomic mass is 9.98. The fraction of sp³-hybridized carbons (Fsp3) is 0.500. The van der Waals surface area contributed by atoms with E-state index in [1.54, 1.807) is 31.4 Å². The summed E-state index contributed by atoms with van der Waals surface area (Å²) >= 11 is 0. The van der Waals surface area contributed by atoms with E-state index in [4.69, 9.17) is 9.84 Å². The summed E-state index contributed by atoms with van der Waals surface area (Å²) in [5.74, 6) is -0.133. The van der Waals surface area contributed by atoms with Crippen LogP contribution in [0.5, 0.6) is 5.75 Å². The third-order valence-corrected chi connectivity index (χ3v) is 2.97. The Labute approximate surface area is 113 Å². The largest absolute Gasteiger partial charge is 0.497 e. The Morgan fingerprint density at radius 1 is 1.37 bits per heavy atom. The van der Waals surface area contributed by atoms with Crippen LogP contribution in [0.15, 0.2) is 24.3 Å². The van der Waals surface area contributed by atoms with Gasteiger partial charge in [-0.05, 0) is 30.7 Å². The lowest BCUT2D eigenvalue weighted by molar-refractivity contribution is -0.137. The van der Waals surface area contributed by atoms with E-state index >= 15 is 0 Å². The van der Waals surface area contributed by atoms with Crippen LogP contribution < -0.4 is 10.1 Å². The maximum absolute atomic E-state index is 10.6. The van der Waals surface area contributed by atoms with Crippen molar-refractivity contribution in [3.05, 3.63) is 29.8 Å². The molecule has 19 heavy (non-hydrogen) atoms. The highest BCUT2D eigenvalue weighted by atomic mass is 16.5. The van der Waals surface area contributed by atoms with Crippen LogP contribution in [0.2, 0.25) is 0 Å². The molecular weight excluding hydrogens is 246 g/mol. The smallest absolute Gasteiger partial charge is 0.303 e. The van der Waals surface area contributed by atoms with Crippen LogP contribution in [0.25, 0.3) is 0 Å². The SMILES string of the molecule is CCNC(CCC(=O)O)C(O)c1ccc(OC)cc1. The molecule has 0 fully saturated rings. The minimum atomic E-state index is -0.857. The summed E-state index contributed by atoms with van der Waals surface area (Å²) < 4.78 is 5.06. The van der Waals surface area contributed by atoms with Gasteiger partial charge >= 0.3 is 5.97 Å². The first-order valence-corrected chi connectivity index (χ1v) is 6.35. The summed E-state index contributed by atoms with van der Waals surface area (Å²) in [6, 6.07) is 6.86. The number of rotatable bonds is 8.